The molecule has 0 heterocycles. The van der Waals surface area contributed by atoms with Gasteiger partial charge in [-0.15, -0.1) is 0 Å². The third kappa shape index (κ3) is 11.9. The molecule has 1 heteroatoms. The Hall–Kier alpha value is -0.0400. The molecule has 0 aliphatic rings. The van der Waals surface area contributed by atoms with Gasteiger partial charge in [-0.05, 0) is 12.8 Å². The molecule has 0 N–H and O–H groups in total. The standard InChI is InChI=1S/C14H29O/c1-3-5-6-7-8-9-10-11-13-14(15)12-4-2/h14H,3-13H2,1-2H3. The summed E-state index contributed by atoms with van der Waals surface area (Å²) in [4.78, 5) is 0. The quantitative estimate of drug-likeness (QED) is 0.425. The summed E-state index contributed by atoms with van der Waals surface area (Å²) in [7, 11) is 0. The second kappa shape index (κ2) is 12.0. The highest BCUT2D eigenvalue weighted by molar-refractivity contribution is 4.54. The summed E-state index contributed by atoms with van der Waals surface area (Å²) in [6.45, 7) is 4.35. The van der Waals surface area contributed by atoms with Gasteiger partial charge >= 0.3 is 0 Å². The lowest BCUT2D eigenvalue weighted by atomic mass is 10.0. The molecular weight excluding hydrogens is 184 g/mol. The predicted octanol–water partition coefficient (Wildman–Crippen LogP) is 5.12. The summed E-state index contributed by atoms with van der Waals surface area (Å²) in [5.41, 5.74) is 0. The Morgan fingerprint density at radius 2 is 1.20 bits per heavy atom. The van der Waals surface area contributed by atoms with Gasteiger partial charge in [0.05, 0.1) is 6.10 Å². The Morgan fingerprint density at radius 3 is 1.73 bits per heavy atom. The van der Waals surface area contributed by atoms with Crippen molar-refractivity contribution in [3.63, 3.8) is 0 Å². The molecule has 0 aromatic carbocycles. The van der Waals surface area contributed by atoms with Crippen molar-refractivity contribution in [1.82, 2.24) is 0 Å². The molecule has 1 radical (unpaired) electrons. The smallest absolute Gasteiger partial charge is 0.0930 e. The average Bonchev–Trinajstić information content (AvgIpc) is 2.22. The molecule has 15 heavy (non-hydrogen) atoms. The topological polar surface area (TPSA) is 19.9 Å². The molecular formula is C14H29O. The van der Waals surface area contributed by atoms with Crippen LogP contribution in [-0.2, 0) is 5.11 Å². The lowest BCUT2D eigenvalue weighted by Gasteiger charge is -2.06. The van der Waals surface area contributed by atoms with Gasteiger partial charge in [0, 0.05) is 0 Å². The van der Waals surface area contributed by atoms with E-state index in [1.165, 1.54) is 44.9 Å². The minimum atomic E-state index is -0.282. The van der Waals surface area contributed by atoms with Crippen molar-refractivity contribution >= 4 is 0 Å². The van der Waals surface area contributed by atoms with Crippen LogP contribution in [0.25, 0.3) is 0 Å². The van der Waals surface area contributed by atoms with Gasteiger partial charge in [-0.2, -0.15) is 0 Å². The van der Waals surface area contributed by atoms with Crippen LogP contribution in [0.4, 0.5) is 0 Å². The van der Waals surface area contributed by atoms with Crippen molar-refractivity contribution < 1.29 is 5.11 Å². The van der Waals surface area contributed by atoms with E-state index < -0.39 is 0 Å². The van der Waals surface area contributed by atoms with Crippen LogP contribution in [0.2, 0.25) is 0 Å². The van der Waals surface area contributed by atoms with Gasteiger partial charge in [0.15, 0.2) is 0 Å². The fraction of sp³-hybridized carbons (Fsp3) is 1.00. The van der Waals surface area contributed by atoms with E-state index in [2.05, 4.69) is 13.8 Å². The molecule has 0 saturated heterocycles. The van der Waals surface area contributed by atoms with Gasteiger partial charge in [0.2, 0.25) is 0 Å². The summed E-state index contributed by atoms with van der Waals surface area (Å²) in [5.74, 6) is 0. The zero-order chi connectivity index (χ0) is 11.4. The first-order chi connectivity index (χ1) is 7.31. The van der Waals surface area contributed by atoms with Gasteiger partial charge < -0.3 is 0 Å². The molecule has 91 valence electrons. The second-order valence-corrected chi connectivity index (χ2v) is 4.67. The lowest BCUT2D eigenvalue weighted by molar-refractivity contribution is 0.0706. The van der Waals surface area contributed by atoms with E-state index in [1.807, 2.05) is 0 Å². The van der Waals surface area contributed by atoms with Crippen LogP contribution >= 0.6 is 0 Å². The second-order valence-electron chi connectivity index (χ2n) is 4.67. The molecule has 1 unspecified atom stereocenters. The maximum Gasteiger partial charge on any atom is 0.0930 e. The average molecular weight is 213 g/mol. The summed E-state index contributed by atoms with van der Waals surface area (Å²) in [5, 5.41) is 11.3. The SMILES string of the molecule is CCCCCCCCCCC([O])CCC. The molecule has 0 rings (SSSR count). The summed E-state index contributed by atoms with van der Waals surface area (Å²) in [6, 6.07) is 0. The first kappa shape index (κ1) is 15.0. The van der Waals surface area contributed by atoms with Gasteiger partial charge in [-0.3, -0.25) is 0 Å². The molecule has 0 aliphatic heterocycles. The third-order valence-electron chi connectivity index (χ3n) is 2.99. The number of rotatable bonds is 11. The molecule has 0 bridgehead atoms. The summed E-state index contributed by atoms with van der Waals surface area (Å²) >= 11 is 0. The van der Waals surface area contributed by atoms with E-state index in [9.17, 15) is 5.11 Å². The van der Waals surface area contributed by atoms with Crippen molar-refractivity contribution in [3.05, 3.63) is 0 Å². The molecule has 0 aromatic rings. The third-order valence-corrected chi connectivity index (χ3v) is 2.99. The summed E-state index contributed by atoms with van der Waals surface area (Å²) in [6.07, 6.45) is 13.2. The van der Waals surface area contributed by atoms with Crippen LogP contribution < -0.4 is 0 Å². The van der Waals surface area contributed by atoms with E-state index >= 15 is 0 Å². The first-order valence-electron chi connectivity index (χ1n) is 6.97. The highest BCUT2D eigenvalue weighted by atomic mass is 16.3. The van der Waals surface area contributed by atoms with Crippen LogP contribution in [-0.4, -0.2) is 6.10 Å². The van der Waals surface area contributed by atoms with Crippen molar-refractivity contribution in [2.45, 2.75) is 90.6 Å². The Labute approximate surface area is 96.3 Å². The van der Waals surface area contributed by atoms with Gasteiger partial charge in [-0.25, -0.2) is 5.11 Å². The minimum Gasteiger partial charge on any atom is -0.233 e. The van der Waals surface area contributed by atoms with Gasteiger partial charge in [-0.1, -0.05) is 71.6 Å². The lowest BCUT2D eigenvalue weighted by Crippen LogP contribution is -2.02. The summed E-state index contributed by atoms with van der Waals surface area (Å²) < 4.78 is 0. The van der Waals surface area contributed by atoms with E-state index in [0.29, 0.717) is 0 Å². The number of unbranched alkanes of at least 4 members (excludes halogenated alkanes) is 7. The Bertz CT molecular complexity index is 112. The Kier molecular flexibility index (Phi) is 12.0. The van der Waals surface area contributed by atoms with E-state index in [-0.39, 0.29) is 6.10 Å². The number of hydrogen-bond donors (Lipinski definition) is 0. The van der Waals surface area contributed by atoms with Crippen LogP contribution in [0.5, 0.6) is 0 Å². The van der Waals surface area contributed by atoms with Crippen LogP contribution in [0, 0.1) is 0 Å². The van der Waals surface area contributed by atoms with Crippen LogP contribution in [0.15, 0.2) is 0 Å². The molecule has 0 aromatic heterocycles. The Balaban J connectivity index is 2.98. The van der Waals surface area contributed by atoms with Crippen molar-refractivity contribution in [3.8, 4) is 0 Å². The van der Waals surface area contributed by atoms with E-state index in [0.717, 1.165) is 25.7 Å². The van der Waals surface area contributed by atoms with Crippen molar-refractivity contribution in [2.75, 3.05) is 0 Å². The largest absolute Gasteiger partial charge is 0.233 e. The molecule has 0 amide bonds. The van der Waals surface area contributed by atoms with Gasteiger partial charge in [0.25, 0.3) is 0 Å². The highest BCUT2D eigenvalue weighted by Gasteiger charge is 2.03. The molecule has 1 nitrogen and oxygen atoms in total. The Morgan fingerprint density at radius 1 is 0.667 bits per heavy atom. The number of hydrogen-bond acceptors (Lipinski definition) is 0. The maximum atomic E-state index is 11.3. The molecule has 0 aliphatic carbocycles. The van der Waals surface area contributed by atoms with Gasteiger partial charge in [0.1, 0.15) is 0 Å². The molecule has 0 spiro atoms. The molecule has 1 atom stereocenters. The highest BCUT2D eigenvalue weighted by Crippen LogP contribution is 2.12. The zero-order valence-corrected chi connectivity index (χ0v) is 10.8. The monoisotopic (exact) mass is 213 g/mol. The molecule has 0 saturated carbocycles. The minimum absolute atomic E-state index is 0.282. The predicted molar refractivity (Wildman–Crippen MR) is 66.6 cm³/mol. The van der Waals surface area contributed by atoms with Crippen LogP contribution in [0.3, 0.4) is 0 Å². The zero-order valence-electron chi connectivity index (χ0n) is 10.8. The van der Waals surface area contributed by atoms with Crippen LogP contribution in [0.1, 0.15) is 84.5 Å². The van der Waals surface area contributed by atoms with E-state index in [4.69, 9.17) is 0 Å². The molecule has 0 fully saturated rings. The fourth-order valence-electron chi connectivity index (χ4n) is 1.97. The van der Waals surface area contributed by atoms with Crippen molar-refractivity contribution in [2.24, 2.45) is 0 Å². The first-order valence-corrected chi connectivity index (χ1v) is 6.97. The maximum absolute atomic E-state index is 11.3. The van der Waals surface area contributed by atoms with E-state index in [1.54, 1.807) is 0 Å². The fourth-order valence-corrected chi connectivity index (χ4v) is 1.97. The normalized spacial score (nSPS) is 13.0. The van der Waals surface area contributed by atoms with Crippen molar-refractivity contribution in [1.29, 1.82) is 0 Å².